The highest BCUT2D eigenvalue weighted by Gasteiger charge is 2.61. The van der Waals surface area contributed by atoms with Crippen molar-refractivity contribution in [2.24, 2.45) is 16.7 Å². The topological polar surface area (TPSA) is 54.7 Å². The summed E-state index contributed by atoms with van der Waals surface area (Å²) in [6, 6.07) is 0. The molecule has 0 radical (unpaired) electrons. The summed E-state index contributed by atoms with van der Waals surface area (Å²) in [6.45, 7) is 9.54. The van der Waals surface area contributed by atoms with E-state index in [4.69, 9.17) is 5.73 Å². The molecule has 3 heteroatoms. The van der Waals surface area contributed by atoms with E-state index >= 15 is 0 Å². The Morgan fingerprint density at radius 3 is 2.24 bits per heavy atom. The van der Waals surface area contributed by atoms with Crippen LogP contribution < -0.4 is 5.73 Å². The average Bonchev–Trinajstić information content (AvgIpc) is 2.66. The zero-order chi connectivity index (χ0) is 15.0. The number of H-pyrrole nitrogens is 1. The summed E-state index contributed by atoms with van der Waals surface area (Å²) in [7, 11) is 0. The zero-order valence-electron chi connectivity index (χ0n) is 13.9. The Balaban J connectivity index is 1.85. The van der Waals surface area contributed by atoms with Gasteiger partial charge in [0.2, 0.25) is 0 Å². The maximum absolute atomic E-state index is 6.18. The van der Waals surface area contributed by atoms with Crippen LogP contribution >= 0.6 is 0 Å². The van der Waals surface area contributed by atoms with Crippen LogP contribution in [0.15, 0.2) is 0 Å². The van der Waals surface area contributed by atoms with Crippen molar-refractivity contribution >= 4 is 5.82 Å². The normalized spacial score (nSPS) is 44.7. The second-order valence-corrected chi connectivity index (χ2v) is 9.46. The lowest BCUT2D eigenvalue weighted by molar-refractivity contribution is -0.111. The molecular formula is C18H29N3. The molecule has 0 aliphatic heterocycles. The maximum Gasteiger partial charge on any atom is 0.148 e. The first-order valence-corrected chi connectivity index (χ1v) is 8.59. The van der Waals surface area contributed by atoms with Gasteiger partial charge in [0.15, 0.2) is 0 Å². The molecule has 0 saturated heterocycles. The van der Waals surface area contributed by atoms with Gasteiger partial charge in [-0.1, -0.05) is 27.7 Å². The van der Waals surface area contributed by atoms with E-state index in [-0.39, 0.29) is 0 Å². The van der Waals surface area contributed by atoms with E-state index in [1.54, 1.807) is 0 Å². The van der Waals surface area contributed by atoms with E-state index in [0.29, 0.717) is 22.2 Å². The van der Waals surface area contributed by atoms with Crippen LogP contribution in [0.4, 0.5) is 5.82 Å². The molecule has 4 bridgehead atoms. The summed E-state index contributed by atoms with van der Waals surface area (Å²) >= 11 is 0. The molecule has 1 heterocycles. The van der Waals surface area contributed by atoms with Crippen LogP contribution in [0.25, 0.3) is 0 Å². The average molecular weight is 287 g/mol. The van der Waals surface area contributed by atoms with Crippen molar-refractivity contribution in [2.75, 3.05) is 5.73 Å². The lowest BCUT2D eigenvalue weighted by Crippen LogP contribution is -2.57. The summed E-state index contributed by atoms with van der Waals surface area (Å²) in [5.41, 5.74) is 10.2. The molecule has 0 amide bonds. The Bertz CT molecular complexity index is 567. The van der Waals surface area contributed by atoms with Crippen LogP contribution in [0.3, 0.4) is 0 Å². The van der Waals surface area contributed by atoms with Crippen LogP contribution in [0.2, 0.25) is 0 Å². The number of anilines is 1. The Hall–Kier alpha value is -0.990. The van der Waals surface area contributed by atoms with Crippen molar-refractivity contribution < 1.29 is 0 Å². The fourth-order valence-electron chi connectivity index (χ4n) is 7.08. The van der Waals surface area contributed by atoms with Gasteiger partial charge in [0.1, 0.15) is 5.82 Å². The van der Waals surface area contributed by atoms with Crippen molar-refractivity contribution in [1.82, 2.24) is 10.2 Å². The highest BCUT2D eigenvalue weighted by Crippen LogP contribution is 2.70. The van der Waals surface area contributed by atoms with Gasteiger partial charge in [-0.2, -0.15) is 5.10 Å². The minimum absolute atomic E-state index is 0.313. The zero-order valence-corrected chi connectivity index (χ0v) is 13.9. The van der Waals surface area contributed by atoms with Crippen molar-refractivity contribution in [3.8, 4) is 0 Å². The SMILES string of the molecule is CC(C)c1c(N)n[nH]c1C12CC3CC(C)(CC(C)(C3)C1)C2. The molecule has 21 heavy (non-hydrogen) atoms. The molecule has 5 rings (SSSR count). The molecule has 4 saturated carbocycles. The van der Waals surface area contributed by atoms with Crippen molar-refractivity contribution in [1.29, 1.82) is 0 Å². The number of hydrogen-bond donors (Lipinski definition) is 2. The Morgan fingerprint density at radius 2 is 1.71 bits per heavy atom. The molecule has 4 aliphatic carbocycles. The van der Waals surface area contributed by atoms with Crippen molar-refractivity contribution in [3.05, 3.63) is 11.3 Å². The lowest BCUT2D eigenvalue weighted by atomic mass is 9.39. The monoisotopic (exact) mass is 287 g/mol. The number of aromatic nitrogens is 2. The molecule has 1 aromatic rings. The van der Waals surface area contributed by atoms with Crippen LogP contribution in [-0.2, 0) is 5.41 Å². The van der Waals surface area contributed by atoms with E-state index in [0.717, 1.165) is 11.7 Å². The van der Waals surface area contributed by atoms with E-state index in [1.165, 1.54) is 49.8 Å². The van der Waals surface area contributed by atoms with E-state index in [9.17, 15) is 0 Å². The third-order valence-corrected chi connectivity index (χ3v) is 6.57. The number of aromatic amines is 1. The smallest absolute Gasteiger partial charge is 0.148 e. The third-order valence-electron chi connectivity index (χ3n) is 6.57. The van der Waals surface area contributed by atoms with Crippen LogP contribution in [-0.4, -0.2) is 10.2 Å². The minimum Gasteiger partial charge on any atom is -0.382 e. The molecule has 2 atom stereocenters. The molecule has 0 aromatic carbocycles. The third kappa shape index (κ3) is 1.82. The van der Waals surface area contributed by atoms with Crippen molar-refractivity contribution in [3.63, 3.8) is 0 Å². The second-order valence-electron chi connectivity index (χ2n) is 9.46. The summed E-state index contributed by atoms with van der Waals surface area (Å²) in [6.07, 6.45) is 8.29. The Morgan fingerprint density at radius 1 is 1.10 bits per heavy atom. The maximum atomic E-state index is 6.18. The number of nitrogens with zero attached hydrogens (tertiary/aromatic N) is 1. The van der Waals surface area contributed by atoms with E-state index in [2.05, 4.69) is 37.9 Å². The van der Waals surface area contributed by atoms with E-state index in [1.807, 2.05) is 0 Å². The van der Waals surface area contributed by atoms with Crippen LogP contribution in [0.1, 0.15) is 83.4 Å². The van der Waals surface area contributed by atoms with E-state index < -0.39 is 0 Å². The quantitative estimate of drug-likeness (QED) is 0.849. The van der Waals surface area contributed by atoms with Gasteiger partial charge in [0, 0.05) is 16.7 Å². The summed E-state index contributed by atoms with van der Waals surface area (Å²) in [4.78, 5) is 0. The number of nitrogens with one attached hydrogen (secondary N) is 1. The first kappa shape index (κ1) is 13.7. The van der Waals surface area contributed by atoms with Gasteiger partial charge in [0.05, 0.1) is 0 Å². The number of hydrogen-bond acceptors (Lipinski definition) is 2. The molecule has 3 nitrogen and oxygen atoms in total. The fourth-order valence-corrected chi connectivity index (χ4v) is 7.08. The Labute approximate surface area is 128 Å². The van der Waals surface area contributed by atoms with Crippen molar-refractivity contribution in [2.45, 2.75) is 77.6 Å². The van der Waals surface area contributed by atoms with Gasteiger partial charge in [-0.3, -0.25) is 5.10 Å². The molecule has 2 unspecified atom stereocenters. The predicted molar refractivity (Wildman–Crippen MR) is 86.2 cm³/mol. The highest BCUT2D eigenvalue weighted by atomic mass is 15.2. The molecule has 116 valence electrons. The van der Waals surface area contributed by atoms with Gasteiger partial charge < -0.3 is 5.73 Å². The lowest BCUT2D eigenvalue weighted by Gasteiger charge is -2.65. The van der Waals surface area contributed by atoms with Gasteiger partial charge in [-0.05, 0) is 61.2 Å². The highest BCUT2D eigenvalue weighted by molar-refractivity contribution is 5.48. The summed E-state index contributed by atoms with van der Waals surface area (Å²) in [5, 5.41) is 7.77. The standard InChI is InChI=1S/C18H29N3/c1-11(2)13-14(20-21-15(13)19)18-7-12-5-16(3,9-18)8-17(4,6-12)10-18/h11-12H,5-10H2,1-4H3,(H3,19,20,21). The number of rotatable bonds is 2. The summed E-state index contributed by atoms with van der Waals surface area (Å²) in [5.74, 6) is 2.08. The fraction of sp³-hybridized carbons (Fsp3) is 0.833. The van der Waals surface area contributed by atoms with Crippen LogP contribution in [0.5, 0.6) is 0 Å². The van der Waals surface area contributed by atoms with Gasteiger partial charge >= 0.3 is 0 Å². The molecule has 3 N–H and O–H groups in total. The largest absolute Gasteiger partial charge is 0.382 e. The first-order valence-electron chi connectivity index (χ1n) is 8.59. The number of nitrogens with two attached hydrogens (primary N) is 1. The predicted octanol–water partition coefficient (Wildman–Crippen LogP) is 4.36. The molecular weight excluding hydrogens is 258 g/mol. The summed E-state index contributed by atoms with van der Waals surface area (Å²) < 4.78 is 0. The van der Waals surface area contributed by atoms with Crippen LogP contribution in [0, 0.1) is 16.7 Å². The molecule has 4 aliphatic rings. The Kier molecular flexibility index (Phi) is 2.51. The van der Waals surface area contributed by atoms with Gasteiger partial charge in [-0.15, -0.1) is 0 Å². The second kappa shape index (κ2) is 3.85. The minimum atomic E-state index is 0.313. The first-order chi connectivity index (χ1) is 9.74. The molecule has 4 fully saturated rings. The molecule has 1 aromatic heterocycles. The van der Waals surface area contributed by atoms with Gasteiger partial charge in [0.25, 0.3) is 0 Å². The molecule has 0 spiro atoms. The van der Waals surface area contributed by atoms with Gasteiger partial charge in [-0.25, -0.2) is 0 Å². The number of nitrogen functional groups attached to an aromatic ring is 1.